The molecular formula is C25H29F4N3O6S. The van der Waals surface area contributed by atoms with Gasteiger partial charge < -0.3 is 15.2 Å². The van der Waals surface area contributed by atoms with Gasteiger partial charge in [-0.25, -0.2) is 4.79 Å². The van der Waals surface area contributed by atoms with Crippen molar-refractivity contribution in [3.8, 4) is 11.4 Å². The van der Waals surface area contributed by atoms with Crippen molar-refractivity contribution in [2.45, 2.75) is 57.4 Å². The molecule has 0 saturated carbocycles. The van der Waals surface area contributed by atoms with Gasteiger partial charge in [-0.15, -0.1) is 0 Å². The Morgan fingerprint density at radius 1 is 1.13 bits per heavy atom. The van der Waals surface area contributed by atoms with Gasteiger partial charge in [-0.1, -0.05) is 6.07 Å². The fourth-order valence-electron chi connectivity index (χ4n) is 4.58. The Bertz CT molecular complexity index is 1470. The number of nitrogens with one attached hydrogen (secondary N) is 1. The normalized spacial score (nSPS) is 18.5. The number of halogens is 4. The SMILES string of the molecule is CC(n1c(=O)n(-c2cccc(OC(F)(F)C(F)F)c2)c2ccc(C(=O)NC3(C)CS(O)(O)C3)cc21)C(C)(C)O. The van der Waals surface area contributed by atoms with Gasteiger partial charge in [0.15, 0.2) is 0 Å². The molecule has 2 aromatic carbocycles. The number of hydrogen-bond acceptors (Lipinski definition) is 6. The molecular weight excluding hydrogens is 546 g/mol. The van der Waals surface area contributed by atoms with Gasteiger partial charge in [0.1, 0.15) is 5.75 Å². The number of nitrogens with zero attached hydrogens (tertiary/aromatic N) is 2. The quantitative estimate of drug-likeness (QED) is 0.291. The van der Waals surface area contributed by atoms with Crippen molar-refractivity contribution in [2.75, 3.05) is 11.5 Å². The molecule has 4 N–H and O–H groups in total. The number of fused-ring (bicyclic) bond motifs is 1. The Hall–Kier alpha value is -3.07. The summed E-state index contributed by atoms with van der Waals surface area (Å²) in [4.78, 5) is 26.7. The predicted molar refractivity (Wildman–Crippen MR) is 139 cm³/mol. The highest BCUT2D eigenvalue weighted by atomic mass is 32.3. The summed E-state index contributed by atoms with van der Waals surface area (Å²) in [5.74, 6) is -1.11. The number of hydrogen-bond donors (Lipinski definition) is 4. The zero-order chi connectivity index (χ0) is 29.1. The first-order valence-corrected chi connectivity index (χ1v) is 13.7. The lowest BCUT2D eigenvalue weighted by atomic mass is 10.0. The molecule has 0 aliphatic carbocycles. The molecule has 1 aromatic heterocycles. The Morgan fingerprint density at radius 2 is 1.77 bits per heavy atom. The highest BCUT2D eigenvalue weighted by Gasteiger charge is 2.46. The van der Waals surface area contributed by atoms with E-state index in [0.29, 0.717) is 0 Å². The van der Waals surface area contributed by atoms with Gasteiger partial charge in [0.2, 0.25) is 0 Å². The summed E-state index contributed by atoms with van der Waals surface area (Å²) in [7, 11) is -2.73. The molecule has 1 aliphatic heterocycles. The summed E-state index contributed by atoms with van der Waals surface area (Å²) in [5, 5.41) is 13.4. The van der Waals surface area contributed by atoms with Gasteiger partial charge in [0.05, 0.1) is 45.4 Å². The zero-order valence-electron chi connectivity index (χ0n) is 21.5. The number of alkyl halides is 4. The monoisotopic (exact) mass is 575 g/mol. The Kier molecular flexibility index (Phi) is 7.07. The number of carbonyl (C=O) groups is 1. The van der Waals surface area contributed by atoms with Crippen molar-refractivity contribution >= 4 is 27.5 Å². The van der Waals surface area contributed by atoms with Gasteiger partial charge in [0, 0.05) is 11.6 Å². The maximum atomic E-state index is 13.7. The van der Waals surface area contributed by atoms with Crippen molar-refractivity contribution in [1.82, 2.24) is 14.5 Å². The van der Waals surface area contributed by atoms with Crippen LogP contribution in [0.2, 0.25) is 0 Å². The van der Waals surface area contributed by atoms with Crippen LogP contribution in [0, 0.1) is 0 Å². The lowest BCUT2D eigenvalue weighted by Gasteiger charge is -2.54. The minimum atomic E-state index is -4.75. The standard InChI is InChI=1S/C25H29F4N3O6S/c1-14(23(2,3)35)31-19-10-15(20(33)30-24(4)12-39(36,37)13-24)8-9-18(19)32(22(31)34)16-6-5-7-17(11-16)38-25(28,29)21(26)27/h5-11,14,21,35-37H,12-13H2,1-4H3,(H,30,33). The highest BCUT2D eigenvalue weighted by Crippen LogP contribution is 2.53. The van der Waals surface area contributed by atoms with Crippen LogP contribution in [-0.2, 0) is 0 Å². The van der Waals surface area contributed by atoms with E-state index >= 15 is 0 Å². The molecule has 9 nitrogen and oxygen atoms in total. The molecule has 1 unspecified atom stereocenters. The van der Waals surface area contributed by atoms with E-state index < -0.39 is 57.7 Å². The minimum Gasteiger partial charge on any atom is -0.428 e. The van der Waals surface area contributed by atoms with Gasteiger partial charge >= 0.3 is 18.2 Å². The molecule has 4 rings (SSSR count). The summed E-state index contributed by atoms with van der Waals surface area (Å²) in [5.41, 5.74) is -2.26. The van der Waals surface area contributed by atoms with E-state index in [4.69, 9.17) is 0 Å². The number of aromatic nitrogens is 2. The van der Waals surface area contributed by atoms with Gasteiger partial charge in [-0.3, -0.25) is 23.0 Å². The number of amides is 1. The van der Waals surface area contributed by atoms with Crippen molar-refractivity contribution < 1.29 is 41.3 Å². The number of aliphatic hydroxyl groups is 1. The third kappa shape index (κ3) is 5.64. The number of carbonyl (C=O) groups excluding carboxylic acids is 1. The van der Waals surface area contributed by atoms with Gasteiger partial charge in [-0.05, 0) is 58.0 Å². The van der Waals surface area contributed by atoms with E-state index in [9.17, 15) is 41.4 Å². The minimum absolute atomic E-state index is 0.00776. The first-order valence-electron chi connectivity index (χ1n) is 11.8. The van der Waals surface area contributed by atoms with Gasteiger partial charge in [0.25, 0.3) is 5.91 Å². The summed E-state index contributed by atoms with van der Waals surface area (Å²) < 4.78 is 78.4. The van der Waals surface area contributed by atoms with E-state index in [1.54, 1.807) is 13.8 Å². The van der Waals surface area contributed by atoms with Crippen LogP contribution < -0.4 is 15.7 Å². The van der Waals surface area contributed by atoms with Crippen LogP contribution >= 0.6 is 10.6 Å². The van der Waals surface area contributed by atoms with Crippen molar-refractivity contribution in [1.29, 1.82) is 0 Å². The van der Waals surface area contributed by atoms with Crippen molar-refractivity contribution in [3.63, 3.8) is 0 Å². The number of rotatable bonds is 8. The second-order valence-electron chi connectivity index (χ2n) is 10.6. The molecule has 214 valence electrons. The van der Waals surface area contributed by atoms with Gasteiger partial charge in [-0.2, -0.15) is 28.2 Å². The fourth-order valence-corrected chi connectivity index (χ4v) is 6.69. The van der Waals surface area contributed by atoms with E-state index in [1.165, 1.54) is 48.7 Å². The molecule has 1 aliphatic rings. The molecule has 14 heteroatoms. The molecule has 0 bridgehead atoms. The third-order valence-corrected chi connectivity index (χ3v) is 8.84. The van der Waals surface area contributed by atoms with Crippen LogP contribution in [0.5, 0.6) is 5.75 Å². The lowest BCUT2D eigenvalue weighted by Crippen LogP contribution is -2.61. The maximum Gasteiger partial charge on any atom is 0.461 e. The van der Waals surface area contributed by atoms with Crippen LogP contribution in [0.1, 0.15) is 44.1 Å². The lowest BCUT2D eigenvalue weighted by molar-refractivity contribution is -0.253. The third-order valence-electron chi connectivity index (χ3n) is 6.64. The number of ether oxygens (including phenoxy) is 1. The topological polar surface area (TPSA) is 126 Å². The second-order valence-corrected chi connectivity index (χ2v) is 12.8. The molecule has 2 heterocycles. The van der Waals surface area contributed by atoms with Crippen LogP contribution in [0.3, 0.4) is 0 Å². The smallest absolute Gasteiger partial charge is 0.428 e. The maximum absolute atomic E-state index is 13.7. The summed E-state index contributed by atoms with van der Waals surface area (Å²) >= 11 is 0. The first-order chi connectivity index (χ1) is 17.8. The summed E-state index contributed by atoms with van der Waals surface area (Å²) in [6.07, 6.45) is -8.82. The molecule has 0 spiro atoms. The second kappa shape index (κ2) is 9.54. The molecule has 0 radical (unpaired) electrons. The van der Waals surface area contributed by atoms with Crippen LogP contribution in [0.4, 0.5) is 17.6 Å². The van der Waals surface area contributed by atoms with Crippen molar-refractivity contribution in [2.24, 2.45) is 0 Å². The molecule has 3 aromatic rings. The molecule has 1 fully saturated rings. The predicted octanol–water partition coefficient (Wildman–Crippen LogP) is 4.61. The molecule has 1 atom stereocenters. The van der Waals surface area contributed by atoms with Crippen LogP contribution in [-0.4, -0.2) is 64.4 Å². The molecule has 39 heavy (non-hydrogen) atoms. The molecule has 1 amide bonds. The van der Waals surface area contributed by atoms with E-state index in [1.807, 2.05) is 0 Å². The average molecular weight is 576 g/mol. The van der Waals surface area contributed by atoms with E-state index in [-0.39, 0.29) is 33.8 Å². The molecule has 1 saturated heterocycles. The number of imidazole rings is 1. The fraction of sp³-hybridized carbons (Fsp3) is 0.440. The summed E-state index contributed by atoms with van der Waals surface area (Å²) in [6, 6.07) is 8.18. The van der Waals surface area contributed by atoms with Crippen LogP contribution in [0.25, 0.3) is 16.7 Å². The zero-order valence-corrected chi connectivity index (χ0v) is 22.3. The van der Waals surface area contributed by atoms with E-state index in [0.717, 1.165) is 16.7 Å². The Morgan fingerprint density at radius 3 is 2.33 bits per heavy atom. The Balaban J connectivity index is 1.82. The largest absolute Gasteiger partial charge is 0.461 e. The van der Waals surface area contributed by atoms with Crippen LogP contribution in [0.15, 0.2) is 47.3 Å². The average Bonchev–Trinajstić information content (AvgIpc) is 3.06. The highest BCUT2D eigenvalue weighted by molar-refractivity contribution is 8.25. The van der Waals surface area contributed by atoms with E-state index in [2.05, 4.69) is 10.1 Å². The number of benzene rings is 2. The van der Waals surface area contributed by atoms with Crippen molar-refractivity contribution in [3.05, 3.63) is 58.5 Å². The summed E-state index contributed by atoms with van der Waals surface area (Å²) in [6.45, 7) is 6.23. The first kappa shape index (κ1) is 28.9. The Labute approximate surface area is 222 Å².